The molecular formula is C12H8ClIN4. The highest BCUT2D eigenvalue weighted by Gasteiger charge is 2.15. The second-order valence-electron chi connectivity index (χ2n) is 3.76. The van der Waals surface area contributed by atoms with Gasteiger partial charge in [0.1, 0.15) is 0 Å². The maximum atomic E-state index is 6.37. The number of aromatic nitrogens is 4. The van der Waals surface area contributed by atoms with Crippen LogP contribution in [0.4, 0.5) is 0 Å². The molecule has 3 rings (SSSR count). The summed E-state index contributed by atoms with van der Waals surface area (Å²) in [5.41, 5.74) is 3.25. The zero-order chi connectivity index (χ0) is 12.5. The summed E-state index contributed by atoms with van der Waals surface area (Å²) in [7, 11) is 0. The van der Waals surface area contributed by atoms with E-state index >= 15 is 0 Å². The number of hydrogen-bond donors (Lipinski definition) is 1. The second-order valence-corrected chi connectivity index (χ2v) is 4.90. The Morgan fingerprint density at radius 2 is 1.94 bits per heavy atom. The minimum atomic E-state index is 0.549. The lowest BCUT2D eigenvalue weighted by molar-refractivity contribution is 0.986. The maximum absolute atomic E-state index is 6.37. The normalized spacial score (nSPS) is 11.0. The predicted octanol–water partition coefficient (Wildman–Crippen LogP) is 3.61. The van der Waals surface area contributed by atoms with Gasteiger partial charge < -0.3 is 0 Å². The van der Waals surface area contributed by atoms with E-state index in [9.17, 15) is 0 Å². The zero-order valence-corrected chi connectivity index (χ0v) is 12.1. The van der Waals surface area contributed by atoms with E-state index in [0.29, 0.717) is 10.7 Å². The summed E-state index contributed by atoms with van der Waals surface area (Å²) in [6, 6.07) is 9.94. The third-order valence-corrected chi connectivity index (χ3v) is 3.80. The second kappa shape index (κ2) is 4.81. The van der Waals surface area contributed by atoms with Crippen molar-refractivity contribution in [2.24, 2.45) is 0 Å². The quantitative estimate of drug-likeness (QED) is 0.554. The summed E-state index contributed by atoms with van der Waals surface area (Å²) in [4.78, 5) is 0. The molecule has 2 aromatic heterocycles. The number of nitrogens with zero attached hydrogens (tertiary/aromatic N) is 3. The number of rotatable bonds is 2. The van der Waals surface area contributed by atoms with Crippen molar-refractivity contribution in [3.8, 4) is 11.3 Å². The highest BCUT2D eigenvalue weighted by Crippen LogP contribution is 2.32. The van der Waals surface area contributed by atoms with E-state index in [2.05, 4.69) is 43.0 Å². The molecule has 1 aromatic carbocycles. The molecule has 0 spiro atoms. The molecule has 0 radical (unpaired) electrons. The smallest absolute Gasteiger partial charge is 0.204 e. The summed E-state index contributed by atoms with van der Waals surface area (Å²) in [6.45, 7) is 0. The Morgan fingerprint density at radius 1 is 1.17 bits per heavy atom. The summed E-state index contributed by atoms with van der Waals surface area (Å²) in [6.07, 6.45) is 0. The lowest BCUT2D eigenvalue weighted by atomic mass is 10.1. The van der Waals surface area contributed by atoms with Gasteiger partial charge in [0.2, 0.25) is 5.65 Å². The molecule has 0 saturated heterocycles. The van der Waals surface area contributed by atoms with Crippen LogP contribution in [-0.4, -0.2) is 20.4 Å². The fourth-order valence-electron chi connectivity index (χ4n) is 1.81. The van der Waals surface area contributed by atoms with Crippen LogP contribution in [0.25, 0.3) is 22.3 Å². The van der Waals surface area contributed by atoms with Crippen molar-refractivity contribution in [1.29, 1.82) is 0 Å². The van der Waals surface area contributed by atoms with Gasteiger partial charge in [-0.05, 0) is 0 Å². The molecule has 18 heavy (non-hydrogen) atoms. The fourth-order valence-corrected chi connectivity index (χ4v) is 2.85. The van der Waals surface area contributed by atoms with Crippen molar-refractivity contribution in [2.45, 2.75) is 4.43 Å². The monoisotopic (exact) mass is 370 g/mol. The molecule has 0 amide bonds. The summed E-state index contributed by atoms with van der Waals surface area (Å²) >= 11 is 8.59. The molecule has 0 atom stereocenters. The summed E-state index contributed by atoms with van der Waals surface area (Å²) in [5, 5.41) is 16.7. The molecule has 4 nitrogen and oxygen atoms in total. The molecule has 0 aliphatic rings. The summed E-state index contributed by atoms with van der Waals surface area (Å²) in [5.74, 6) is 0. The predicted molar refractivity (Wildman–Crippen MR) is 79.9 cm³/mol. The third-order valence-electron chi connectivity index (χ3n) is 2.67. The lowest BCUT2D eigenvalue weighted by Crippen LogP contribution is -1.92. The van der Waals surface area contributed by atoms with Gasteiger partial charge in [0.05, 0.1) is 21.8 Å². The van der Waals surface area contributed by atoms with E-state index in [4.69, 9.17) is 11.6 Å². The average molecular weight is 371 g/mol. The number of fused-ring (bicyclic) bond motifs is 1. The summed E-state index contributed by atoms with van der Waals surface area (Å²) < 4.78 is 0.721. The van der Waals surface area contributed by atoms with Crippen LogP contribution in [0.5, 0.6) is 0 Å². The first-order valence-electron chi connectivity index (χ1n) is 5.31. The van der Waals surface area contributed by atoms with Crippen LogP contribution in [0.2, 0.25) is 5.02 Å². The molecule has 2 heterocycles. The molecule has 0 fully saturated rings. The highest BCUT2D eigenvalue weighted by molar-refractivity contribution is 14.1. The van der Waals surface area contributed by atoms with Crippen LogP contribution < -0.4 is 0 Å². The van der Waals surface area contributed by atoms with Crippen LogP contribution in [0.15, 0.2) is 30.3 Å². The third kappa shape index (κ3) is 1.87. The van der Waals surface area contributed by atoms with Crippen LogP contribution in [-0.2, 0) is 4.43 Å². The Balaban J connectivity index is 2.31. The van der Waals surface area contributed by atoms with Gasteiger partial charge in [0.25, 0.3) is 0 Å². The largest absolute Gasteiger partial charge is 0.275 e. The van der Waals surface area contributed by atoms with Gasteiger partial charge in [-0.2, -0.15) is 10.2 Å². The van der Waals surface area contributed by atoms with Crippen molar-refractivity contribution in [2.75, 3.05) is 0 Å². The van der Waals surface area contributed by atoms with Gasteiger partial charge in [-0.25, -0.2) is 0 Å². The molecule has 90 valence electrons. The Bertz CT molecular complexity index is 696. The number of benzene rings is 1. The minimum Gasteiger partial charge on any atom is -0.275 e. The van der Waals surface area contributed by atoms with Gasteiger partial charge in [-0.3, -0.25) is 5.10 Å². The lowest BCUT2D eigenvalue weighted by Gasteiger charge is -2.02. The number of alkyl halides is 1. The first-order valence-corrected chi connectivity index (χ1v) is 7.22. The highest BCUT2D eigenvalue weighted by atomic mass is 127. The first kappa shape index (κ1) is 11.9. The molecule has 0 aliphatic carbocycles. The van der Waals surface area contributed by atoms with Crippen molar-refractivity contribution >= 4 is 45.2 Å². The Labute approximate surface area is 122 Å². The topological polar surface area (TPSA) is 54.5 Å². The average Bonchev–Trinajstić information content (AvgIpc) is 2.85. The molecule has 0 aliphatic heterocycles. The van der Waals surface area contributed by atoms with Gasteiger partial charge >= 0.3 is 0 Å². The van der Waals surface area contributed by atoms with E-state index < -0.39 is 0 Å². The molecule has 1 N–H and O–H groups in total. The number of halogens is 2. The Hall–Kier alpha value is -1.21. The standard InChI is InChI=1S/C12H8ClIN4/c13-10-8(6-14)15-17-12-9(10)11(16-18-12)7-4-2-1-3-5-7/h1-5H,6H2,(H,16,17,18). The number of nitrogens with one attached hydrogen (secondary N) is 1. The molecule has 0 unspecified atom stereocenters. The number of hydrogen-bond acceptors (Lipinski definition) is 3. The Kier molecular flexibility index (Phi) is 3.17. The van der Waals surface area contributed by atoms with Crippen LogP contribution in [0.1, 0.15) is 5.69 Å². The molecule has 3 aromatic rings. The van der Waals surface area contributed by atoms with Gasteiger partial charge in [0, 0.05) is 9.99 Å². The number of aromatic amines is 1. The first-order chi connectivity index (χ1) is 8.81. The van der Waals surface area contributed by atoms with Crippen molar-refractivity contribution < 1.29 is 0 Å². The van der Waals surface area contributed by atoms with E-state index in [0.717, 1.165) is 26.8 Å². The Morgan fingerprint density at radius 3 is 2.67 bits per heavy atom. The molecular weight excluding hydrogens is 363 g/mol. The number of H-pyrrole nitrogens is 1. The molecule has 6 heteroatoms. The van der Waals surface area contributed by atoms with Crippen LogP contribution in [0.3, 0.4) is 0 Å². The maximum Gasteiger partial charge on any atom is 0.204 e. The van der Waals surface area contributed by atoms with E-state index in [1.807, 2.05) is 30.3 Å². The van der Waals surface area contributed by atoms with Gasteiger partial charge in [0.15, 0.2) is 0 Å². The molecule has 0 bridgehead atoms. The SMILES string of the molecule is Clc1c(CI)nnc2n[nH]c(-c3ccccc3)c12. The van der Waals surface area contributed by atoms with Crippen LogP contribution >= 0.6 is 34.2 Å². The van der Waals surface area contributed by atoms with Crippen molar-refractivity contribution in [3.63, 3.8) is 0 Å². The van der Waals surface area contributed by atoms with Gasteiger partial charge in [-0.1, -0.05) is 64.5 Å². The fraction of sp³-hybridized carbons (Fsp3) is 0.0833. The van der Waals surface area contributed by atoms with E-state index in [1.165, 1.54) is 0 Å². The minimum absolute atomic E-state index is 0.549. The zero-order valence-electron chi connectivity index (χ0n) is 9.19. The van der Waals surface area contributed by atoms with Crippen LogP contribution in [0, 0.1) is 0 Å². The van der Waals surface area contributed by atoms with Gasteiger partial charge in [-0.15, -0.1) is 5.10 Å². The molecule has 0 saturated carbocycles. The van der Waals surface area contributed by atoms with Crippen molar-refractivity contribution in [3.05, 3.63) is 41.0 Å². The van der Waals surface area contributed by atoms with Crippen molar-refractivity contribution in [1.82, 2.24) is 20.4 Å². The van der Waals surface area contributed by atoms with E-state index in [1.54, 1.807) is 0 Å². The van der Waals surface area contributed by atoms with E-state index in [-0.39, 0.29) is 0 Å².